The normalized spacial score (nSPS) is 21.8. The molecule has 1 fully saturated rings. The van der Waals surface area contributed by atoms with Crippen LogP contribution in [0.25, 0.3) is 0 Å². The van der Waals surface area contributed by atoms with Gasteiger partial charge in [-0.1, -0.05) is 17.7 Å². The molecule has 3 amide bonds. The van der Waals surface area contributed by atoms with E-state index in [4.69, 9.17) is 14.2 Å². The lowest BCUT2D eigenvalue weighted by atomic mass is 9.94. The Labute approximate surface area is 198 Å². The van der Waals surface area contributed by atoms with E-state index in [0.29, 0.717) is 35.5 Å². The maximum atomic E-state index is 13.3. The van der Waals surface area contributed by atoms with E-state index in [-0.39, 0.29) is 43.2 Å². The molecule has 0 bridgehead atoms. The zero-order valence-corrected chi connectivity index (χ0v) is 19.5. The molecule has 9 heteroatoms. The number of hydrogen-bond acceptors (Lipinski definition) is 6. The van der Waals surface area contributed by atoms with E-state index in [0.717, 1.165) is 5.56 Å². The third-order valence-corrected chi connectivity index (χ3v) is 6.20. The van der Waals surface area contributed by atoms with Gasteiger partial charge in [-0.15, -0.1) is 0 Å². The van der Waals surface area contributed by atoms with Crippen LogP contribution < -0.4 is 15.4 Å². The first kappa shape index (κ1) is 23.6. The molecule has 34 heavy (non-hydrogen) atoms. The average Bonchev–Trinajstić information content (AvgIpc) is 2.83. The molecule has 2 aromatic carbocycles. The van der Waals surface area contributed by atoms with Crippen molar-refractivity contribution in [3.8, 4) is 5.75 Å². The van der Waals surface area contributed by atoms with Crippen LogP contribution in [0, 0.1) is 6.92 Å². The van der Waals surface area contributed by atoms with Crippen molar-refractivity contribution < 1.29 is 28.6 Å². The van der Waals surface area contributed by atoms with Gasteiger partial charge in [0.2, 0.25) is 0 Å². The number of ether oxygens (including phenoxy) is 3. The highest BCUT2D eigenvalue weighted by atomic mass is 16.5. The molecule has 2 aliphatic heterocycles. The minimum atomic E-state index is -0.409. The Morgan fingerprint density at radius 3 is 2.53 bits per heavy atom. The minimum absolute atomic E-state index is 0.174. The molecule has 2 N–H and O–H groups in total. The highest BCUT2D eigenvalue weighted by molar-refractivity contribution is 6.02. The summed E-state index contributed by atoms with van der Waals surface area (Å²) in [5, 5.41) is 5.54. The van der Waals surface area contributed by atoms with Gasteiger partial charge in [0.15, 0.2) is 0 Å². The van der Waals surface area contributed by atoms with Crippen molar-refractivity contribution in [2.24, 2.45) is 0 Å². The van der Waals surface area contributed by atoms with Crippen molar-refractivity contribution in [1.82, 2.24) is 4.90 Å². The number of benzene rings is 2. The molecule has 2 aromatic rings. The summed E-state index contributed by atoms with van der Waals surface area (Å²) in [6, 6.07) is 11.8. The Hall–Kier alpha value is -3.59. The summed E-state index contributed by atoms with van der Waals surface area (Å²) >= 11 is 0. The lowest BCUT2D eigenvalue weighted by Gasteiger charge is -2.42. The number of esters is 1. The number of amides is 3. The fourth-order valence-electron chi connectivity index (χ4n) is 4.30. The predicted molar refractivity (Wildman–Crippen MR) is 126 cm³/mol. The number of nitrogens with one attached hydrogen (secondary N) is 2. The Balaban J connectivity index is 1.46. The summed E-state index contributed by atoms with van der Waals surface area (Å²) in [6.45, 7) is 2.22. The summed E-state index contributed by atoms with van der Waals surface area (Å²) in [5.74, 6) is -0.128. The lowest BCUT2D eigenvalue weighted by molar-refractivity contribution is -0.151. The zero-order valence-electron chi connectivity index (χ0n) is 19.5. The molecule has 3 atom stereocenters. The van der Waals surface area contributed by atoms with E-state index in [9.17, 15) is 14.4 Å². The third-order valence-electron chi connectivity index (χ3n) is 6.20. The summed E-state index contributed by atoms with van der Waals surface area (Å²) in [5.41, 5.74) is 2.61. The first-order valence-corrected chi connectivity index (χ1v) is 11.2. The second-order valence-electron chi connectivity index (χ2n) is 8.60. The van der Waals surface area contributed by atoms with Crippen LogP contribution in [-0.4, -0.2) is 61.8 Å². The van der Waals surface area contributed by atoms with E-state index < -0.39 is 6.03 Å². The largest absolute Gasteiger partial charge is 0.490 e. The molecule has 1 saturated heterocycles. The Kier molecular flexibility index (Phi) is 7.02. The van der Waals surface area contributed by atoms with Gasteiger partial charge in [-0.25, -0.2) is 4.79 Å². The van der Waals surface area contributed by atoms with Gasteiger partial charge in [0.05, 0.1) is 31.2 Å². The minimum Gasteiger partial charge on any atom is -0.490 e. The van der Waals surface area contributed by atoms with Gasteiger partial charge in [-0.2, -0.15) is 0 Å². The van der Waals surface area contributed by atoms with Crippen LogP contribution in [0.4, 0.5) is 16.2 Å². The first-order chi connectivity index (χ1) is 16.3. The predicted octanol–water partition coefficient (Wildman–Crippen LogP) is 3.58. The topological polar surface area (TPSA) is 106 Å². The molecule has 2 aliphatic rings. The number of aryl methyl sites for hydroxylation is 1. The summed E-state index contributed by atoms with van der Waals surface area (Å²) in [6.07, 6.45) is 0.876. The summed E-state index contributed by atoms with van der Waals surface area (Å²) < 4.78 is 16.8. The number of likely N-dealkylation sites (N-methyl/N-ethyl adjacent to an activating group) is 1. The molecule has 0 saturated carbocycles. The van der Waals surface area contributed by atoms with E-state index in [2.05, 4.69) is 10.6 Å². The van der Waals surface area contributed by atoms with E-state index in [1.165, 1.54) is 7.11 Å². The van der Waals surface area contributed by atoms with Crippen LogP contribution in [-0.2, 0) is 14.3 Å². The number of anilines is 2. The molecule has 0 aliphatic carbocycles. The van der Waals surface area contributed by atoms with Crippen LogP contribution in [0.2, 0.25) is 0 Å². The maximum absolute atomic E-state index is 13.3. The van der Waals surface area contributed by atoms with E-state index in [1.807, 2.05) is 31.2 Å². The quantitative estimate of drug-likeness (QED) is 0.666. The van der Waals surface area contributed by atoms with Crippen molar-refractivity contribution in [3.63, 3.8) is 0 Å². The average molecular weight is 468 g/mol. The highest BCUT2D eigenvalue weighted by Gasteiger charge is 2.39. The molecule has 0 radical (unpaired) electrons. The van der Waals surface area contributed by atoms with Gasteiger partial charge in [-0.3, -0.25) is 9.59 Å². The summed E-state index contributed by atoms with van der Waals surface area (Å²) in [4.78, 5) is 39.0. The van der Waals surface area contributed by atoms with Crippen LogP contribution in [0.15, 0.2) is 42.5 Å². The van der Waals surface area contributed by atoms with Gasteiger partial charge in [0.25, 0.3) is 5.91 Å². The number of methoxy groups -OCH3 is 1. The monoisotopic (exact) mass is 467 g/mol. The smallest absolute Gasteiger partial charge is 0.323 e. The first-order valence-electron chi connectivity index (χ1n) is 11.2. The molecular formula is C25H29N3O6. The maximum Gasteiger partial charge on any atom is 0.323 e. The Morgan fingerprint density at radius 2 is 1.79 bits per heavy atom. The fraction of sp³-hybridized carbons (Fsp3) is 0.400. The van der Waals surface area contributed by atoms with Crippen molar-refractivity contribution in [1.29, 1.82) is 0 Å². The zero-order chi connectivity index (χ0) is 24.2. The molecule has 180 valence electrons. The van der Waals surface area contributed by atoms with Gasteiger partial charge < -0.3 is 29.7 Å². The van der Waals surface area contributed by atoms with Crippen molar-refractivity contribution in [2.75, 3.05) is 31.4 Å². The molecule has 9 nitrogen and oxygen atoms in total. The Morgan fingerprint density at radius 1 is 1.09 bits per heavy atom. The molecule has 0 aromatic heterocycles. The van der Waals surface area contributed by atoms with Crippen LogP contribution in [0.5, 0.6) is 5.75 Å². The molecule has 0 spiro atoms. The highest BCUT2D eigenvalue weighted by Crippen LogP contribution is 2.32. The molecule has 0 unspecified atom stereocenters. The standard InChI is InChI=1S/C25H29N3O6/c1-15-4-6-16(7-5-15)26-25(31)27-17-8-11-21-19(12-17)24(30)28(2)20-10-9-18(13-23(29)32-3)34-22(20)14-33-21/h4-8,11-12,18,20,22H,9-10,13-14H2,1-3H3,(H2,26,27,31)/t18-,20-,22-/m1/s1. The van der Waals surface area contributed by atoms with Gasteiger partial charge in [0, 0.05) is 18.4 Å². The lowest BCUT2D eigenvalue weighted by Crippen LogP contribution is -2.53. The van der Waals surface area contributed by atoms with Gasteiger partial charge in [0.1, 0.15) is 18.5 Å². The van der Waals surface area contributed by atoms with Crippen molar-refractivity contribution in [3.05, 3.63) is 53.6 Å². The van der Waals surface area contributed by atoms with Crippen molar-refractivity contribution in [2.45, 2.75) is 44.4 Å². The number of urea groups is 1. The molecule has 4 rings (SSSR count). The number of rotatable bonds is 4. The van der Waals surface area contributed by atoms with Gasteiger partial charge in [-0.05, 0) is 50.1 Å². The number of fused-ring (bicyclic) bond motifs is 2. The van der Waals surface area contributed by atoms with Crippen LogP contribution >= 0.6 is 0 Å². The van der Waals surface area contributed by atoms with Crippen molar-refractivity contribution >= 4 is 29.3 Å². The Bertz CT molecular complexity index is 1070. The third kappa shape index (κ3) is 5.31. The number of carbonyl (C=O) groups is 3. The molecule has 2 heterocycles. The number of hydrogen-bond donors (Lipinski definition) is 2. The molecular weight excluding hydrogens is 438 g/mol. The number of carbonyl (C=O) groups excluding carboxylic acids is 3. The van der Waals surface area contributed by atoms with E-state index in [1.54, 1.807) is 30.1 Å². The van der Waals surface area contributed by atoms with Crippen LogP contribution in [0.1, 0.15) is 35.2 Å². The summed E-state index contributed by atoms with van der Waals surface area (Å²) in [7, 11) is 3.09. The number of nitrogens with zero attached hydrogens (tertiary/aromatic N) is 1. The second-order valence-corrected chi connectivity index (χ2v) is 8.60. The fourth-order valence-corrected chi connectivity index (χ4v) is 4.30. The SMILES string of the molecule is COC(=O)C[C@H]1CC[C@@H]2[C@@H](COc3ccc(NC(=O)Nc4ccc(C)cc4)cc3C(=O)N2C)O1. The van der Waals surface area contributed by atoms with Crippen LogP contribution in [0.3, 0.4) is 0 Å². The second kappa shape index (κ2) is 10.1. The van der Waals surface area contributed by atoms with Gasteiger partial charge >= 0.3 is 12.0 Å². The van der Waals surface area contributed by atoms with E-state index >= 15 is 0 Å².